The first-order chi connectivity index (χ1) is 12.3. The molecular formula is C18H25N3O5. The molecule has 0 saturated heterocycles. The van der Waals surface area contributed by atoms with Crippen LogP contribution in [-0.2, 0) is 20.9 Å². The highest BCUT2D eigenvalue weighted by atomic mass is 16.5. The highest BCUT2D eigenvalue weighted by Gasteiger charge is 2.25. The van der Waals surface area contributed by atoms with Crippen LogP contribution in [0.1, 0.15) is 25.8 Å². The predicted octanol–water partition coefficient (Wildman–Crippen LogP) is 0.600. The van der Waals surface area contributed by atoms with E-state index >= 15 is 0 Å². The molecule has 0 saturated carbocycles. The van der Waals surface area contributed by atoms with E-state index in [1.165, 1.54) is 0 Å². The van der Waals surface area contributed by atoms with Gasteiger partial charge < -0.3 is 26.2 Å². The zero-order valence-corrected chi connectivity index (χ0v) is 14.9. The van der Waals surface area contributed by atoms with Crippen LogP contribution in [0.15, 0.2) is 42.0 Å². The zero-order chi connectivity index (χ0) is 19.5. The molecule has 0 aromatic heterocycles. The number of rotatable bonds is 9. The van der Waals surface area contributed by atoms with Crippen molar-refractivity contribution in [2.45, 2.75) is 39.0 Å². The lowest BCUT2D eigenvalue weighted by Gasteiger charge is -2.19. The van der Waals surface area contributed by atoms with Crippen molar-refractivity contribution < 1.29 is 24.2 Å². The minimum Gasteiger partial charge on any atom is -0.445 e. The maximum atomic E-state index is 12.2. The summed E-state index contributed by atoms with van der Waals surface area (Å²) in [6, 6.07) is 6.81. The molecule has 0 aliphatic heterocycles. The molecule has 3 amide bonds. The van der Waals surface area contributed by atoms with Crippen molar-refractivity contribution in [1.29, 1.82) is 0 Å². The van der Waals surface area contributed by atoms with E-state index in [1.807, 2.05) is 19.9 Å². The van der Waals surface area contributed by atoms with Gasteiger partial charge in [-0.1, -0.05) is 42.0 Å². The second-order valence-corrected chi connectivity index (χ2v) is 5.92. The molecule has 0 bridgehead atoms. The molecule has 142 valence electrons. The third kappa shape index (κ3) is 7.80. The molecule has 2 atom stereocenters. The molecule has 1 rings (SSSR count). The Morgan fingerprint density at radius 3 is 2.35 bits per heavy atom. The summed E-state index contributed by atoms with van der Waals surface area (Å²) in [4.78, 5) is 35.4. The van der Waals surface area contributed by atoms with Crippen molar-refractivity contribution >= 4 is 17.9 Å². The molecular weight excluding hydrogens is 338 g/mol. The van der Waals surface area contributed by atoms with E-state index in [-0.39, 0.29) is 13.0 Å². The molecule has 5 N–H and O–H groups in total. The van der Waals surface area contributed by atoms with Crippen LogP contribution in [0, 0.1) is 0 Å². The predicted molar refractivity (Wildman–Crippen MR) is 95.8 cm³/mol. The molecule has 0 spiro atoms. The number of alkyl carbamates (subject to hydrolysis) is 1. The number of nitrogens with two attached hydrogens (primary N) is 1. The van der Waals surface area contributed by atoms with Gasteiger partial charge in [-0.15, -0.1) is 0 Å². The standard InChI is InChI=1S/C18H25N3O5/c1-12(2)8-9-14(16(19)23)20-17(24)15(10-22)21-18(25)26-11-13-6-4-3-5-7-13/h3-8,14-15,22H,9-11H2,1-2H3,(H2,19,23)(H,20,24)(H,21,25)/t14-,15+/m1/s1. The number of allylic oxidation sites excluding steroid dienone is 1. The molecule has 0 unspecified atom stereocenters. The number of carbonyl (C=O) groups is 3. The Hall–Kier alpha value is -2.87. The van der Waals surface area contributed by atoms with Crippen LogP contribution in [0.3, 0.4) is 0 Å². The normalized spacial score (nSPS) is 12.4. The van der Waals surface area contributed by atoms with Gasteiger partial charge in [-0.3, -0.25) is 9.59 Å². The Balaban J connectivity index is 2.56. The fourth-order valence-corrected chi connectivity index (χ4v) is 1.97. The van der Waals surface area contributed by atoms with Crippen molar-refractivity contribution in [3.8, 4) is 0 Å². The first-order valence-electron chi connectivity index (χ1n) is 8.14. The van der Waals surface area contributed by atoms with Crippen molar-refractivity contribution in [1.82, 2.24) is 10.6 Å². The lowest BCUT2D eigenvalue weighted by Crippen LogP contribution is -2.54. The highest BCUT2D eigenvalue weighted by Crippen LogP contribution is 2.02. The molecule has 26 heavy (non-hydrogen) atoms. The Kier molecular flexibility index (Phi) is 8.86. The topological polar surface area (TPSA) is 131 Å². The number of benzene rings is 1. The monoisotopic (exact) mass is 363 g/mol. The van der Waals surface area contributed by atoms with Crippen LogP contribution in [-0.4, -0.2) is 41.7 Å². The number of hydrogen-bond donors (Lipinski definition) is 4. The molecule has 8 nitrogen and oxygen atoms in total. The maximum absolute atomic E-state index is 12.2. The van der Waals surface area contributed by atoms with Crippen LogP contribution in [0.5, 0.6) is 0 Å². The summed E-state index contributed by atoms with van der Waals surface area (Å²) < 4.78 is 5.00. The molecule has 0 fully saturated rings. The fourth-order valence-electron chi connectivity index (χ4n) is 1.97. The Morgan fingerprint density at radius 1 is 1.15 bits per heavy atom. The Bertz CT molecular complexity index is 641. The molecule has 0 aliphatic carbocycles. The van der Waals surface area contributed by atoms with E-state index in [2.05, 4.69) is 10.6 Å². The zero-order valence-electron chi connectivity index (χ0n) is 14.9. The first kappa shape index (κ1) is 21.2. The number of aliphatic hydroxyl groups excluding tert-OH is 1. The molecule has 0 heterocycles. The summed E-state index contributed by atoms with van der Waals surface area (Å²) in [6.45, 7) is 3.07. The minimum atomic E-state index is -1.26. The van der Waals surface area contributed by atoms with Crippen LogP contribution >= 0.6 is 0 Å². The van der Waals surface area contributed by atoms with Gasteiger partial charge in [0, 0.05) is 0 Å². The van der Waals surface area contributed by atoms with Crippen LogP contribution in [0.4, 0.5) is 4.79 Å². The van der Waals surface area contributed by atoms with Gasteiger partial charge in [0.05, 0.1) is 6.61 Å². The van der Waals surface area contributed by atoms with Gasteiger partial charge in [0.2, 0.25) is 11.8 Å². The first-order valence-corrected chi connectivity index (χ1v) is 8.14. The molecule has 0 radical (unpaired) electrons. The SMILES string of the molecule is CC(C)=CC[C@@H](NC(=O)[C@H](CO)NC(=O)OCc1ccccc1)C(N)=O. The second kappa shape index (κ2) is 10.9. The third-order valence-corrected chi connectivity index (χ3v) is 3.43. The van der Waals surface area contributed by atoms with Crippen LogP contribution in [0.25, 0.3) is 0 Å². The van der Waals surface area contributed by atoms with Gasteiger partial charge in [0.1, 0.15) is 18.7 Å². The summed E-state index contributed by atoms with van der Waals surface area (Å²) in [5, 5.41) is 14.0. The average molecular weight is 363 g/mol. The second-order valence-electron chi connectivity index (χ2n) is 5.92. The van der Waals surface area contributed by atoms with Gasteiger partial charge >= 0.3 is 6.09 Å². The van der Waals surface area contributed by atoms with Crippen LogP contribution in [0.2, 0.25) is 0 Å². The van der Waals surface area contributed by atoms with Gasteiger partial charge in [0.25, 0.3) is 0 Å². The highest BCUT2D eigenvalue weighted by molar-refractivity contribution is 5.90. The number of aliphatic hydroxyl groups is 1. The molecule has 0 aliphatic rings. The largest absolute Gasteiger partial charge is 0.445 e. The van der Waals surface area contributed by atoms with Crippen LogP contribution < -0.4 is 16.4 Å². The van der Waals surface area contributed by atoms with Gasteiger partial charge in [-0.05, 0) is 25.8 Å². The van der Waals surface area contributed by atoms with Gasteiger partial charge in [-0.2, -0.15) is 0 Å². The van der Waals surface area contributed by atoms with Crippen molar-refractivity contribution in [2.24, 2.45) is 5.73 Å². The molecule has 8 heteroatoms. The van der Waals surface area contributed by atoms with E-state index in [0.717, 1.165) is 11.1 Å². The average Bonchev–Trinajstić information content (AvgIpc) is 2.61. The quantitative estimate of drug-likeness (QED) is 0.477. The Labute approximate surface area is 152 Å². The van der Waals surface area contributed by atoms with E-state index < -0.39 is 36.6 Å². The summed E-state index contributed by atoms with van der Waals surface area (Å²) in [6.07, 6.45) is 1.12. The third-order valence-electron chi connectivity index (χ3n) is 3.43. The number of amides is 3. The number of primary amides is 1. The van der Waals surface area contributed by atoms with E-state index in [4.69, 9.17) is 10.5 Å². The summed E-state index contributed by atoms with van der Waals surface area (Å²) in [5.74, 6) is -1.44. The summed E-state index contributed by atoms with van der Waals surface area (Å²) >= 11 is 0. The summed E-state index contributed by atoms with van der Waals surface area (Å²) in [5.41, 5.74) is 7.01. The number of carbonyl (C=O) groups excluding carboxylic acids is 3. The van der Waals surface area contributed by atoms with Gasteiger partial charge in [0.15, 0.2) is 0 Å². The lowest BCUT2D eigenvalue weighted by atomic mass is 10.1. The van der Waals surface area contributed by atoms with Crippen molar-refractivity contribution in [3.05, 3.63) is 47.5 Å². The fraction of sp³-hybridized carbons (Fsp3) is 0.389. The number of ether oxygens (including phenoxy) is 1. The molecule has 1 aromatic carbocycles. The van der Waals surface area contributed by atoms with E-state index in [0.29, 0.717) is 0 Å². The maximum Gasteiger partial charge on any atom is 0.408 e. The number of nitrogens with one attached hydrogen (secondary N) is 2. The van der Waals surface area contributed by atoms with E-state index in [9.17, 15) is 19.5 Å². The Morgan fingerprint density at radius 2 is 1.81 bits per heavy atom. The van der Waals surface area contributed by atoms with Gasteiger partial charge in [-0.25, -0.2) is 4.79 Å². The van der Waals surface area contributed by atoms with Crippen molar-refractivity contribution in [3.63, 3.8) is 0 Å². The van der Waals surface area contributed by atoms with Crippen molar-refractivity contribution in [2.75, 3.05) is 6.61 Å². The minimum absolute atomic E-state index is 0.0247. The summed E-state index contributed by atoms with van der Waals surface area (Å²) in [7, 11) is 0. The smallest absolute Gasteiger partial charge is 0.408 e. The van der Waals surface area contributed by atoms with E-state index in [1.54, 1.807) is 30.3 Å². The molecule has 1 aromatic rings. The number of hydrogen-bond acceptors (Lipinski definition) is 5. The lowest BCUT2D eigenvalue weighted by molar-refractivity contribution is -0.129.